The Hall–Kier alpha value is -1.14. The molecule has 0 radical (unpaired) electrons. The van der Waals surface area contributed by atoms with Crippen LogP contribution in [-0.4, -0.2) is 21.7 Å². The molecule has 0 aromatic carbocycles. The molecule has 0 unspecified atom stereocenters. The molecule has 2 heterocycles. The highest BCUT2D eigenvalue weighted by Gasteiger charge is 2.12. The molecule has 0 saturated heterocycles. The normalized spacial score (nSPS) is 12.4. The number of thiophene rings is 1. The highest BCUT2D eigenvalue weighted by Crippen LogP contribution is 2.21. The lowest BCUT2D eigenvalue weighted by atomic mass is 10.3. The van der Waals surface area contributed by atoms with E-state index in [1.165, 1.54) is 11.3 Å². The van der Waals surface area contributed by atoms with Crippen LogP contribution in [0.4, 0.5) is 0 Å². The van der Waals surface area contributed by atoms with Crippen LogP contribution in [0.5, 0.6) is 0 Å². The number of nitrogens with zero attached hydrogens (tertiary/aromatic N) is 2. The van der Waals surface area contributed by atoms with Gasteiger partial charge >= 0.3 is 0 Å². The first kappa shape index (κ1) is 12.3. The molecule has 2 aromatic rings. The lowest BCUT2D eigenvalue weighted by Crippen LogP contribution is -2.35. The molecule has 0 aliphatic carbocycles. The van der Waals surface area contributed by atoms with Crippen LogP contribution in [0.25, 0.3) is 0 Å². The van der Waals surface area contributed by atoms with Crippen molar-refractivity contribution in [3.8, 4) is 0 Å². The fraction of sp³-hybridized carbons (Fsp3) is 0.273. The van der Waals surface area contributed by atoms with Gasteiger partial charge in [0.2, 0.25) is 0 Å². The summed E-state index contributed by atoms with van der Waals surface area (Å²) in [5, 5.41) is 7.04. The van der Waals surface area contributed by atoms with E-state index in [0.717, 1.165) is 3.79 Å². The van der Waals surface area contributed by atoms with Crippen molar-refractivity contribution >= 4 is 33.2 Å². The third-order valence-electron chi connectivity index (χ3n) is 2.19. The second kappa shape index (κ2) is 5.46. The number of amides is 1. The Balaban J connectivity index is 1.90. The van der Waals surface area contributed by atoms with Gasteiger partial charge in [-0.15, -0.1) is 11.3 Å². The number of carbonyl (C=O) groups excluding carboxylic acids is 1. The summed E-state index contributed by atoms with van der Waals surface area (Å²) in [7, 11) is 0. The maximum Gasteiger partial charge on any atom is 0.261 e. The molecule has 2 rings (SSSR count). The predicted molar refractivity (Wildman–Crippen MR) is 71.2 cm³/mol. The summed E-state index contributed by atoms with van der Waals surface area (Å²) in [4.78, 5) is 12.6. The van der Waals surface area contributed by atoms with Gasteiger partial charge < -0.3 is 5.32 Å². The molecule has 0 spiro atoms. The summed E-state index contributed by atoms with van der Waals surface area (Å²) in [6.45, 7) is 2.63. The van der Waals surface area contributed by atoms with Gasteiger partial charge in [-0.05, 0) is 41.1 Å². The summed E-state index contributed by atoms with van der Waals surface area (Å²) in [5.74, 6) is -0.0413. The van der Waals surface area contributed by atoms with E-state index in [2.05, 4.69) is 26.3 Å². The van der Waals surface area contributed by atoms with E-state index in [9.17, 15) is 4.79 Å². The van der Waals surface area contributed by atoms with E-state index in [-0.39, 0.29) is 11.9 Å². The van der Waals surface area contributed by atoms with Gasteiger partial charge in [0.05, 0.1) is 15.2 Å². The van der Waals surface area contributed by atoms with Crippen LogP contribution in [0.15, 0.2) is 34.4 Å². The minimum Gasteiger partial charge on any atom is -0.347 e. The minimum atomic E-state index is -0.0413. The Morgan fingerprint density at radius 2 is 2.47 bits per heavy atom. The largest absolute Gasteiger partial charge is 0.347 e. The SMILES string of the molecule is C[C@H](Cn1cccn1)NC(=O)c1ccc(Br)s1. The van der Waals surface area contributed by atoms with E-state index in [1.807, 2.05) is 31.3 Å². The number of halogens is 1. The van der Waals surface area contributed by atoms with Crippen molar-refractivity contribution in [3.63, 3.8) is 0 Å². The van der Waals surface area contributed by atoms with Crippen LogP contribution in [0, 0.1) is 0 Å². The van der Waals surface area contributed by atoms with Gasteiger partial charge in [-0.25, -0.2) is 0 Å². The van der Waals surface area contributed by atoms with Gasteiger partial charge in [0.1, 0.15) is 0 Å². The van der Waals surface area contributed by atoms with Gasteiger partial charge in [0.25, 0.3) is 5.91 Å². The van der Waals surface area contributed by atoms with Crippen molar-refractivity contribution in [1.29, 1.82) is 0 Å². The lowest BCUT2D eigenvalue weighted by molar-refractivity contribution is 0.0940. The molecule has 4 nitrogen and oxygen atoms in total. The lowest BCUT2D eigenvalue weighted by Gasteiger charge is -2.13. The summed E-state index contributed by atoms with van der Waals surface area (Å²) in [6, 6.07) is 5.59. The van der Waals surface area contributed by atoms with E-state index in [0.29, 0.717) is 11.4 Å². The molecular weight excluding hydrogens is 302 g/mol. The molecular formula is C11H12BrN3OS. The standard InChI is InChI=1S/C11H12BrN3OS/c1-8(7-15-6-2-5-13-15)14-11(16)9-3-4-10(12)17-9/h2-6,8H,7H2,1H3,(H,14,16)/t8-/m1/s1. The topological polar surface area (TPSA) is 46.9 Å². The van der Waals surface area contributed by atoms with Crippen LogP contribution >= 0.6 is 27.3 Å². The second-order valence-corrected chi connectivity index (χ2v) is 6.17. The molecule has 1 atom stereocenters. The third kappa shape index (κ3) is 3.41. The Kier molecular flexibility index (Phi) is 3.96. The van der Waals surface area contributed by atoms with Crippen molar-refractivity contribution in [1.82, 2.24) is 15.1 Å². The zero-order valence-corrected chi connectivity index (χ0v) is 11.7. The number of hydrogen-bond donors (Lipinski definition) is 1. The maximum absolute atomic E-state index is 11.8. The maximum atomic E-state index is 11.8. The second-order valence-electron chi connectivity index (χ2n) is 3.71. The zero-order valence-electron chi connectivity index (χ0n) is 9.26. The molecule has 6 heteroatoms. The van der Waals surface area contributed by atoms with Crippen molar-refractivity contribution in [2.75, 3.05) is 0 Å². The summed E-state index contributed by atoms with van der Waals surface area (Å²) in [6.07, 6.45) is 3.61. The fourth-order valence-corrected chi connectivity index (χ4v) is 2.76. The Morgan fingerprint density at radius 1 is 1.65 bits per heavy atom. The number of carbonyl (C=O) groups is 1. The van der Waals surface area contributed by atoms with E-state index < -0.39 is 0 Å². The smallest absolute Gasteiger partial charge is 0.261 e. The average Bonchev–Trinajstić information content (AvgIpc) is 2.89. The third-order valence-corrected chi connectivity index (χ3v) is 3.82. The number of nitrogens with one attached hydrogen (secondary N) is 1. The Morgan fingerprint density at radius 3 is 3.06 bits per heavy atom. The molecule has 0 bridgehead atoms. The summed E-state index contributed by atoms with van der Waals surface area (Å²) >= 11 is 4.77. The molecule has 1 N–H and O–H groups in total. The fourth-order valence-electron chi connectivity index (χ4n) is 1.47. The minimum absolute atomic E-state index is 0.0413. The van der Waals surface area contributed by atoms with Gasteiger partial charge in [0, 0.05) is 18.4 Å². The van der Waals surface area contributed by atoms with Gasteiger partial charge in [-0.3, -0.25) is 9.48 Å². The predicted octanol–water partition coefficient (Wildman–Crippen LogP) is 2.53. The molecule has 0 aliphatic rings. The van der Waals surface area contributed by atoms with Crippen LogP contribution in [0.2, 0.25) is 0 Å². The number of aromatic nitrogens is 2. The molecule has 90 valence electrons. The van der Waals surface area contributed by atoms with Gasteiger partial charge in [0.15, 0.2) is 0 Å². The first-order chi connectivity index (χ1) is 8.15. The van der Waals surface area contributed by atoms with Crippen LogP contribution in [0.3, 0.4) is 0 Å². The monoisotopic (exact) mass is 313 g/mol. The van der Waals surface area contributed by atoms with Crippen molar-refractivity contribution in [2.24, 2.45) is 0 Å². The molecule has 2 aromatic heterocycles. The van der Waals surface area contributed by atoms with Crippen LogP contribution in [0.1, 0.15) is 16.6 Å². The zero-order chi connectivity index (χ0) is 12.3. The summed E-state index contributed by atoms with van der Waals surface area (Å²) in [5.41, 5.74) is 0. The average molecular weight is 314 g/mol. The van der Waals surface area contributed by atoms with E-state index in [4.69, 9.17) is 0 Å². The van der Waals surface area contributed by atoms with Crippen molar-refractivity contribution in [2.45, 2.75) is 19.5 Å². The quantitative estimate of drug-likeness (QED) is 0.943. The highest BCUT2D eigenvalue weighted by molar-refractivity contribution is 9.11. The Bertz CT molecular complexity index is 495. The van der Waals surface area contributed by atoms with Gasteiger partial charge in [-0.1, -0.05) is 0 Å². The number of rotatable bonds is 4. The van der Waals surface area contributed by atoms with Crippen molar-refractivity contribution < 1.29 is 4.79 Å². The van der Waals surface area contributed by atoms with E-state index in [1.54, 1.807) is 10.9 Å². The first-order valence-corrected chi connectivity index (χ1v) is 6.80. The highest BCUT2D eigenvalue weighted by atomic mass is 79.9. The van der Waals surface area contributed by atoms with Gasteiger partial charge in [-0.2, -0.15) is 5.10 Å². The van der Waals surface area contributed by atoms with E-state index >= 15 is 0 Å². The molecule has 0 aliphatic heterocycles. The number of hydrogen-bond acceptors (Lipinski definition) is 3. The summed E-state index contributed by atoms with van der Waals surface area (Å²) < 4.78 is 2.76. The van der Waals surface area contributed by atoms with Crippen molar-refractivity contribution in [3.05, 3.63) is 39.3 Å². The Labute approximate surface area is 112 Å². The molecule has 0 fully saturated rings. The first-order valence-electron chi connectivity index (χ1n) is 5.19. The molecule has 17 heavy (non-hydrogen) atoms. The molecule has 0 saturated carbocycles. The molecule has 1 amide bonds. The van der Waals surface area contributed by atoms with Crippen LogP contribution in [-0.2, 0) is 6.54 Å². The van der Waals surface area contributed by atoms with Crippen LogP contribution < -0.4 is 5.32 Å².